The molecule has 0 aliphatic heterocycles. The molecule has 3 N–H and O–H groups in total. The van der Waals surface area contributed by atoms with Gasteiger partial charge in [-0.3, -0.25) is 15.5 Å². The molecule has 0 amide bonds. The molecule has 0 aliphatic carbocycles. The van der Waals surface area contributed by atoms with Crippen molar-refractivity contribution >= 4 is 34.9 Å². The van der Waals surface area contributed by atoms with Crippen LogP contribution in [0.4, 0.5) is 11.4 Å². The number of ether oxygens (including phenoxy) is 1. The molecule has 0 heterocycles. The van der Waals surface area contributed by atoms with Gasteiger partial charge >= 0.3 is 0 Å². The van der Waals surface area contributed by atoms with Gasteiger partial charge in [-0.2, -0.15) is 5.10 Å². The number of aromatic hydroxyl groups is 1. The lowest BCUT2D eigenvalue weighted by Gasteiger charge is -2.07. The molecule has 0 radical (unpaired) electrons. The zero-order valence-electron chi connectivity index (χ0n) is 12.6. The predicted octanol–water partition coefficient (Wildman–Crippen LogP) is 2.63. The SMILES string of the molecule is COc1cc(/C=N/NC(=S)Nc2ccccc2[N+](=O)[O-])ccc1O. The second-order valence-electron chi connectivity index (χ2n) is 4.53. The summed E-state index contributed by atoms with van der Waals surface area (Å²) in [5.41, 5.74) is 3.41. The Bertz CT molecular complexity index is 795. The van der Waals surface area contributed by atoms with Crippen LogP contribution >= 0.6 is 12.2 Å². The topological polar surface area (TPSA) is 109 Å². The summed E-state index contributed by atoms with van der Waals surface area (Å²) in [4.78, 5) is 10.4. The minimum Gasteiger partial charge on any atom is -0.504 e. The van der Waals surface area contributed by atoms with E-state index in [9.17, 15) is 15.2 Å². The van der Waals surface area contributed by atoms with E-state index in [4.69, 9.17) is 17.0 Å². The Morgan fingerprint density at radius 2 is 2.12 bits per heavy atom. The first-order valence-electron chi connectivity index (χ1n) is 6.71. The Morgan fingerprint density at radius 1 is 1.38 bits per heavy atom. The van der Waals surface area contributed by atoms with Crippen molar-refractivity contribution in [1.29, 1.82) is 0 Å². The molecule has 9 heteroatoms. The lowest BCUT2D eigenvalue weighted by atomic mass is 10.2. The van der Waals surface area contributed by atoms with E-state index in [-0.39, 0.29) is 22.2 Å². The fourth-order valence-corrected chi connectivity index (χ4v) is 1.99. The summed E-state index contributed by atoms with van der Waals surface area (Å²) >= 11 is 5.04. The Labute approximate surface area is 142 Å². The van der Waals surface area contributed by atoms with Crippen LogP contribution in [0.2, 0.25) is 0 Å². The van der Waals surface area contributed by atoms with Gasteiger partial charge in [0.05, 0.1) is 18.2 Å². The molecule has 0 bridgehead atoms. The van der Waals surface area contributed by atoms with Gasteiger partial charge in [0.15, 0.2) is 16.6 Å². The number of rotatable bonds is 5. The molecule has 0 saturated carbocycles. The number of nitro benzene ring substituents is 1. The largest absolute Gasteiger partial charge is 0.504 e. The molecule has 0 aromatic heterocycles. The predicted molar refractivity (Wildman–Crippen MR) is 94.7 cm³/mol. The highest BCUT2D eigenvalue weighted by molar-refractivity contribution is 7.80. The number of hydrogen-bond acceptors (Lipinski definition) is 6. The third-order valence-corrected chi connectivity index (χ3v) is 3.13. The Kier molecular flexibility index (Phi) is 5.63. The van der Waals surface area contributed by atoms with E-state index in [2.05, 4.69) is 15.8 Å². The normalized spacial score (nSPS) is 10.4. The maximum absolute atomic E-state index is 10.9. The summed E-state index contributed by atoms with van der Waals surface area (Å²) < 4.78 is 4.99. The van der Waals surface area contributed by atoms with Gasteiger partial charge in [-0.15, -0.1) is 0 Å². The molecule has 0 fully saturated rings. The van der Waals surface area contributed by atoms with Gasteiger partial charge < -0.3 is 15.2 Å². The molecule has 124 valence electrons. The average Bonchev–Trinajstić information content (AvgIpc) is 2.56. The van der Waals surface area contributed by atoms with Crippen molar-refractivity contribution in [3.8, 4) is 11.5 Å². The number of nitrogens with one attached hydrogen (secondary N) is 2. The molecule has 2 rings (SSSR count). The molecule has 0 unspecified atom stereocenters. The fourth-order valence-electron chi connectivity index (χ4n) is 1.83. The molecule has 2 aromatic carbocycles. The highest BCUT2D eigenvalue weighted by atomic mass is 32.1. The summed E-state index contributed by atoms with van der Waals surface area (Å²) in [6.45, 7) is 0. The highest BCUT2D eigenvalue weighted by Crippen LogP contribution is 2.25. The summed E-state index contributed by atoms with van der Waals surface area (Å²) in [5.74, 6) is 0.343. The van der Waals surface area contributed by atoms with Crippen LogP contribution in [-0.2, 0) is 0 Å². The van der Waals surface area contributed by atoms with Crippen LogP contribution < -0.4 is 15.5 Å². The first-order valence-corrected chi connectivity index (χ1v) is 7.12. The molecular formula is C15H14N4O4S. The van der Waals surface area contributed by atoms with Crippen molar-refractivity contribution in [1.82, 2.24) is 5.43 Å². The highest BCUT2D eigenvalue weighted by Gasteiger charge is 2.12. The van der Waals surface area contributed by atoms with E-state index in [1.165, 1.54) is 25.5 Å². The van der Waals surface area contributed by atoms with Crippen molar-refractivity contribution in [2.75, 3.05) is 12.4 Å². The van der Waals surface area contributed by atoms with E-state index in [1.54, 1.807) is 30.3 Å². The lowest BCUT2D eigenvalue weighted by molar-refractivity contribution is -0.383. The van der Waals surface area contributed by atoms with E-state index in [0.29, 0.717) is 11.3 Å². The minimum absolute atomic E-state index is 0.0242. The van der Waals surface area contributed by atoms with Gasteiger partial charge in [0.2, 0.25) is 0 Å². The molecule has 0 saturated heterocycles. The molecule has 8 nitrogen and oxygen atoms in total. The Hall–Kier alpha value is -3.20. The van der Waals surface area contributed by atoms with Crippen LogP contribution in [0.25, 0.3) is 0 Å². The quantitative estimate of drug-likeness (QED) is 0.330. The number of para-hydroxylation sites is 2. The number of hydrogen-bond donors (Lipinski definition) is 3. The maximum atomic E-state index is 10.9. The van der Waals surface area contributed by atoms with Gasteiger partial charge in [0.1, 0.15) is 5.69 Å². The third-order valence-electron chi connectivity index (χ3n) is 2.93. The van der Waals surface area contributed by atoms with Crippen LogP contribution in [-0.4, -0.2) is 28.5 Å². The van der Waals surface area contributed by atoms with E-state index in [0.717, 1.165) is 0 Å². The first kappa shape index (κ1) is 17.2. The Morgan fingerprint density at radius 3 is 2.83 bits per heavy atom. The van der Waals surface area contributed by atoms with Crippen LogP contribution in [0.1, 0.15) is 5.56 Å². The number of methoxy groups -OCH3 is 1. The molecule has 0 atom stereocenters. The number of thiocarbonyl (C=S) groups is 1. The Balaban J connectivity index is 2.00. The van der Waals surface area contributed by atoms with Gasteiger partial charge in [0, 0.05) is 6.07 Å². The first-order chi connectivity index (χ1) is 11.5. The molecule has 0 spiro atoms. The van der Waals surface area contributed by atoms with Crippen molar-refractivity contribution in [2.24, 2.45) is 5.10 Å². The van der Waals surface area contributed by atoms with Gasteiger partial charge in [-0.1, -0.05) is 12.1 Å². The second-order valence-corrected chi connectivity index (χ2v) is 4.94. The van der Waals surface area contributed by atoms with E-state index in [1.807, 2.05) is 0 Å². The molecule has 24 heavy (non-hydrogen) atoms. The summed E-state index contributed by atoms with van der Waals surface area (Å²) in [5, 5.41) is 27.2. The lowest BCUT2D eigenvalue weighted by Crippen LogP contribution is -2.24. The van der Waals surface area contributed by atoms with E-state index < -0.39 is 4.92 Å². The standard InChI is InChI=1S/C15H14N4O4S/c1-23-14-8-10(6-7-13(14)20)9-16-18-15(24)17-11-4-2-3-5-12(11)19(21)22/h2-9,20H,1H3,(H2,17,18,24)/b16-9+. The number of benzene rings is 2. The van der Waals surface area contributed by atoms with Crippen LogP contribution in [0.15, 0.2) is 47.6 Å². The van der Waals surface area contributed by atoms with Crippen LogP contribution in [0.3, 0.4) is 0 Å². The van der Waals surface area contributed by atoms with Crippen LogP contribution in [0.5, 0.6) is 11.5 Å². The zero-order valence-corrected chi connectivity index (χ0v) is 13.4. The number of nitrogens with zero attached hydrogens (tertiary/aromatic N) is 2. The molecule has 2 aromatic rings. The fraction of sp³-hybridized carbons (Fsp3) is 0.0667. The molecule has 0 aliphatic rings. The van der Waals surface area contributed by atoms with Crippen molar-refractivity contribution < 1.29 is 14.8 Å². The minimum atomic E-state index is -0.503. The van der Waals surface area contributed by atoms with E-state index >= 15 is 0 Å². The number of phenolic OH excluding ortho intramolecular Hbond substituents is 1. The van der Waals surface area contributed by atoms with Crippen molar-refractivity contribution in [2.45, 2.75) is 0 Å². The van der Waals surface area contributed by atoms with Crippen LogP contribution in [0, 0.1) is 10.1 Å². The van der Waals surface area contributed by atoms with Gasteiger partial charge in [-0.25, -0.2) is 0 Å². The number of nitro groups is 1. The third kappa shape index (κ3) is 4.40. The average molecular weight is 346 g/mol. The van der Waals surface area contributed by atoms with Crippen molar-refractivity contribution in [3.05, 3.63) is 58.1 Å². The number of hydrazone groups is 1. The van der Waals surface area contributed by atoms with Crippen molar-refractivity contribution in [3.63, 3.8) is 0 Å². The number of anilines is 1. The summed E-state index contributed by atoms with van der Waals surface area (Å²) in [7, 11) is 1.44. The van der Waals surface area contributed by atoms with Gasteiger partial charge in [-0.05, 0) is 42.0 Å². The molecular weight excluding hydrogens is 332 g/mol. The summed E-state index contributed by atoms with van der Waals surface area (Å²) in [6.07, 6.45) is 1.47. The van der Waals surface area contributed by atoms with Gasteiger partial charge in [0.25, 0.3) is 5.69 Å². The maximum Gasteiger partial charge on any atom is 0.292 e. The smallest absolute Gasteiger partial charge is 0.292 e. The monoisotopic (exact) mass is 346 g/mol. The zero-order chi connectivity index (χ0) is 17.5. The second kappa shape index (κ2) is 7.88. The number of phenols is 1. The summed E-state index contributed by atoms with van der Waals surface area (Å²) in [6, 6.07) is 10.8.